The molecule has 0 amide bonds. The van der Waals surface area contributed by atoms with Gasteiger partial charge in [-0.2, -0.15) is 0 Å². The first-order valence-electron chi connectivity index (χ1n) is 7.15. The first-order chi connectivity index (χ1) is 9.41. The van der Waals surface area contributed by atoms with Crippen LogP contribution in [0.4, 0.5) is 5.69 Å². The Morgan fingerprint density at radius 1 is 1.40 bits per heavy atom. The van der Waals surface area contributed by atoms with Crippen LogP contribution < -0.4 is 10.6 Å². The highest BCUT2D eigenvalue weighted by Gasteiger charge is 2.28. The van der Waals surface area contributed by atoms with Gasteiger partial charge in [-0.05, 0) is 32.8 Å². The van der Waals surface area contributed by atoms with Gasteiger partial charge < -0.3 is 15.7 Å². The zero-order valence-electron chi connectivity index (χ0n) is 12.5. The molecule has 110 valence electrons. The lowest BCUT2D eigenvalue weighted by atomic mass is 9.91. The SMILES string of the molecule is Cc1cc(N(C)C2CCCCC2O)c(C(=N)N)c(C)n1. The molecule has 1 aromatic heterocycles. The van der Waals surface area contributed by atoms with Crippen LogP contribution >= 0.6 is 0 Å². The number of aliphatic hydroxyl groups excluding tert-OH is 1. The Labute approximate surface area is 120 Å². The fraction of sp³-hybridized carbons (Fsp3) is 0.600. The van der Waals surface area contributed by atoms with Crippen molar-refractivity contribution in [1.29, 1.82) is 5.41 Å². The van der Waals surface area contributed by atoms with E-state index in [9.17, 15) is 5.11 Å². The molecule has 0 bridgehead atoms. The molecule has 20 heavy (non-hydrogen) atoms. The van der Waals surface area contributed by atoms with Gasteiger partial charge in [0, 0.05) is 12.7 Å². The van der Waals surface area contributed by atoms with Crippen LogP contribution in [0.2, 0.25) is 0 Å². The van der Waals surface area contributed by atoms with Crippen molar-refractivity contribution in [1.82, 2.24) is 4.98 Å². The Morgan fingerprint density at radius 2 is 2.05 bits per heavy atom. The lowest BCUT2D eigenvalue weighted by molar-refractivity contribution is 0.106. The number of likely N-dealkylation sites (N-methyl/N-ethyl adjacent to an activating group) is 1. The van der Waals surface area contributed by atoms with E-state index in [0.717, 1.165) is 42.8 Å². The molecule has 2 rings (SSSR count). The van der Waals surface area contributed by atoms with Crippen LogP contribution in [0, 0.1) is 19.3 Å². The number of amidine groups is 1. The van der Waals surface area contributed by atoms with Crippen LogP contribution in [-0.4, -0.2) is 35.1 Å². The van der Waals surface area contributed by atoms with E-state index < -0.39 is 0 Å². The van der Waals surface area contributed by atoms with E-state index >= 15 is 0 Å². The van der Waals surface area contributed by atoms with E-state index in [1.807, 2.05) is 27.0 Å². The van der Waals surface area contributed by atoms with E-state index in [2.05, 4.69) is 9.88 Å². The third kappa shape index (κ3) is 2.77. The van der Waals surface area contributed by atoms with Crippen LogP contribution in [0.1, 0.15) is 42.6 Å². The molecule has 2 atom stereocenters. The normalized spacial score (nSPS) is 22.6. The molecule has 2 unspecified atom stereocenters. The number of nitrogens with zero attached hydrogens (tertiary/aromatic N) is 2. The van der Waals surface area contributed by atoms with Gasteiger partial charge in [0.2, 0.25) is 0 Å². The second-order valence-electron chi connectivity index (χ2n) is 5.69. The number of pyridine rings is 1. The molecule has 1 saturated carbocycles. The molecular formula is C15H24N4O. The summed E-state index contributed by atoms with van der Waals surface area (Å²) in [6.07, 6.45) is 3.70. The monoisotopic (exact) mass is 276 g/mol. The van der Waals surface area contributed by atoms with Crippen LogP contribution in [0.3, 0.4) is 0 Å². The van der Waals surface area contributed by atoms with Gasteiger partial charge in [-0.25, -0.2) is 0 Å². The van der Waals surface area contributed by atoms with Gasteiger partial charge in [0.05, 0.1) is 29.1 Å². The Balaban J connectivity index is 2.42. The Hall–Kier alpha value is -1.62. The van der Waals surface area contributed by atoms with Crippen molar-refractivity contribution in [3.8, 4) is 0 Å². The summed E-state index contributed by atoms with van der Waals surface area (Å²) in [4.78, 5) is 6.46. The second kappa shape index (κ2) is 5.79. The molecule has 5 heteroatoms. The number of nitrogens with two attached hydrogens (primary N) is 1. The summed E-state index contributed by atoms with van der Waals surface area (Å²) in [7, 11) is 1.97. The molecule has 1 aliphatic carbocycles. The van der Waals surface area contributed by atoms with Crippen LogP contribution in [0.15, 0.2) is 6.07 Å². The number of anilines is 1. The molecule has 4 N–H and O–H groups in total. The van der Waals surface area contributed by atoms with Gasteiger partial charge in [0.1, 0.15) is 5.84 Å². The quantitative estimate of drug-likeness (QED) is 0.579. The lowest BCUT2D eigenvalue weighted by Gasteiger charge is -2.37. The molecule has 1 fully saturated rings. The standard InChI is InChI=1S/C15H24N4O/c1-9-8-12(14(15(16)17)10(2)18-9)19(3)11-6-4-5-7-13(11)20/h8,11,13,20H,4-7H2,1-3H3,(H3,16,17). The van der Waals surface area contributed by atoms with Crippen LogP contribution in [0.25, 0.3) is 0 Å². The first-order valence-corrected chi connectivity index (χ1v) is 7.15. The van der Waals surface area contributed by atoms with Crippen molar-refractivity contribution in [3.05, 3.63) is 23.0 Å². The van der Waals surface area contributed by atoms with Gasteiger partial charge in [0.25, 0.3) is 0 Å². The summed E-state index contributed by atoms with van der Waals surface area (Å²) in [5.74, 6) is 0.0298. The van der Waals surface area contributed by atoms with E-state index in [1.54, 1.807) is 0 Å². The summed E-state index contributed by atoms with van der Waals surface area (Å²) in [6, 6.07) is 2.04. The highest BCUT2D eigenvalue weighted by molar-refractivity contribution is 6.01. The maximum absolute atomic E-state index is 10.2. The minimum Gasteiger partial charge on any atom is -0.391 e. The van der Waals surface area contributed by atoms with E-state index in [4.69, 9.17) is 11.1 Å². The number of rotatable bonds is 3. The van der Waals surface area contributed by atoms with Crippen molar-refractivity contribution in [2.45, 2.75) is 51.7 Å². The van der Waals surface area contributed by atoms with Gasteiger partial charge in [-0.1, -0.05) is 12.8 Å². The van der Waals surface area contributed by atoms with Gasteiger partial charge in [0.15, 0.2) is 0 Å². The molecular weight excluding hydrogens is 252 g/mol. The van der Waals surface area contributed by atoms with Crippen molar-refractivity contribution >= 4 is 11.5 Å². The van der Waals surface area contributed by atoms with Crippen molar-refractivity contribution < 1.29 is 5.11 Å². The number of hydrogen-bond donors (Lipinski definition) is 3. The fourth-order valence-corrected chi connectivity index (χ4v) is 3.14. The Morgan fingerprint density at radius 3 is 2.65 bits per heavy atom. The maximum atomic E-state index is 10.2. The van der Waals surface area contributed by atoms with E-state index in [0.29, 0.717) is 5.56 Å². The van der Waals surface area contributed by atoms with Crippen molar-refractivity contribution in [2.24, 2.45) is 5.73 Å². The number of nitrogen functional groups attached to an aromatic ring is 1. The highest BCUT2D eigenvalue weighted by Crippen LogP contribution is 2.30. The average Bonchev–Trinajstić information content (AvgIpc) is 2.37. The summed E-state index contributed by atoms with van der Waals surface area (Å²) >= 11 is 0. The largest absolute Gasteiger partial charge is 0.391 e. The van der Waals surface area contributed by atoms with Crippen LogP contribution in [0.5, 0.6) is 0 Å². The van der Waals surface area contributed by atoms with E-state index in [-0.39, 0.29) is 18.0 Å². The predicted molar refractivity (Wildman–Crippen MR) is 81.4 cm³/mol. The Bertz CT molecular complexity index is 515. The molecule has 5 nitrogen and oxygen atoms in total. The molecule has 1 aromatic rings. The highest BCUT2D eigenvalue weighted by atomic mass is 16.3. The van der Waals surface area contributed by atoms with E-state index in [1.165, 1.54) is 0 Å². The molecule has 0 radical (unpaired) electrons. The second-order valence-corrected chi connectivity index (χ2v) is 5.69. The first kappa shape index (κ1) is 14.8. The number of aryl methyl sites for hydroxylation is 2. The van der Waals surface area contributed by atoms with Gasteiger partial charge in [-0.15, -0.1) is 0 Å². The molecule has 0 saturated heterocycles. The summed E-state index contributed by atoms with van der Waals surface area (Å²) in [5.41, 5.74) is 8.97. The van der Waals surface area contributed by atoms with Crippen LogP contribution in [-0.2, 0) is 0 Å². The predicted octanol–water partition coefficient (Wildman–Crippen LogP) is 1.72. The minimum atomic E-state index is -0.317. The average molecular weight is 276 g/mol. The van der Waals surface area contributed by atoms with Crippen molar-refractivity contribution in [3.63, 3.8) is 0 Å². The molecule has 1 heterocycles. The summed E-state index contributed by atoms with van der Waals surface area (Å²) in [6.45, 7) is 3.81. The molecule has 1 aliphatic rings. The number of hydrogen-bond acceptors (Lipinski definition) is 4. The number of aromatic nitrogens is 1. The fourth-order valence-electron chi connectivity index (χ4n) is 3.14. The topological polar surface area (TPSA) is 86.2 Å². The summed E-state index contributed by atoms with van der Waals surface area (Å²) in [5, 5.41) is 18.0. The molecule has 0 spiro atoms. The molecule has 0 aliphatic heterocycles. The molecule has 0 aromatic carbocycles. The smallest absolute Gasteiger partial charge is 0.126 e. The third-order valence-electron chi connectivity index (χ3n) is 4.15. The zero-order chi connectivity index (χ0) is 14.9. The number of aliphatic hydroxyl groups is 1. The number of nitrogens with one attached hydrogen (secondary N) is 1. The minimum absolute atomic E-state index is 0.0298. The van der Waals surface area contributed by atoms with Gasteiger partial charge >= 0.3 is 0 Å². The maximum Gasteiger partial charge on any atom is 0.126 e. The summed E-state index contributed by atoms with van der Waals surface area (Å²) < 4.78 is 0. The lowest BCUT2D eigenvalue weighted by Crippen LogP contribution is -2.44. The zero-order valence-corrected chi connectivity index (χ0v) is 12.5. The third-order valence-corrected chi connectivity index (χ3v) is 4.15. The van der Waals surface area contributed by atoms with Gasteiger partial charge in [-0.3, -0.25) is 10.4 Å². The van der Waals surface area contributed by atoms with Crippen molar-refractivity contribution in [2.75, 3.05) is 11.9 Å². The Kier molecular flexibility index (Phi) is 4.28.